The molecular formula is C17H22ClNO5. The molecule has 24 heavy (non-hydrogen) atoms. The zero-order chi connectivity index (χ0) is 17.9. The summed E-state index contributed by atoms with van der Waals surface area (Å²) < 4.78 is 15.9. The highest BCUT2D eigenvalue weighted by atomic mass is 35.5. The van der Waals surface area contributed by atoms with Gasteiger partial charge in [0.1, 0.15) is 0 Å². The van der Waals surface area contributed by atoms with Crippen molar-refractivity contribution in [1.29, 1.82) is 0 Å². The predicted octanol–water partition coefficient (Wildman–Crippen LogP) is 2.83. The topological polar surface area (TPSA) is 73.9 Å². The van der Waals surface area contributed by atoms with Gasteiger partial charge in [-0.2, -0.15) is 0 Å². The highest BCUT2D eigenvalue weighted by Gasteiger charge is 2.12. The summed E-state index contributed by atoms with van der Waals surface area (Å²) in [5, 5.41) is 2.75. The van der Waals surface area contributed by atoms with E-state index in [0.717, 1.165) is 6.42 Å². The maximum absolute atomic E-state index is 11.6. The van der Waals surface area contributed by atoms with Crippen molar-refractivity contribution >= 4 is 29.6 Å². The summed E-state index contributed by atoms with van der Waals surface area (Å²) in [6, 6.07) is 3.39. The molecule has 0 heterocycles. The Morgan fingerprint density at radius 2 is 2.00 bits per heavy atom. The van der Waals surface area contributed by atoms with Gasteiger partial charge in [-0.1, -0.05) is 18.5 Å². The fourth-order valence-electron chi connectivity index (χ4n) is 1.71. The summed E-state index contributed by atoms with van der Waals surface area (Å²) in [5.41, 5.74) is 0.657. The van der Waals surface area contributed by atoms with Crippen molar-refractivity contribution in [2.24, 2.45) is 0 Å². The minimum atomic E-state index is -0.626. The summed E-state index contributed by atoms with van der Waals surface area (Å²) in [6.07, 6.45) is 3.60. The van der Waals surface area contributed by atoms with E-state index in [9.17, 15) is 9.59 Å². The van der Waals surface area contributed by atoms with E-state index in [4.69, 9.17) is 25.8 Å². The number of rotatable bonds is 9. The van der Waals surface area contributed by atoms with E-state index in [0.29, 0.717) is 35.3 Å². The monoisotopic (exact) mass is 355 g/mol. The number of nitrogens with one attached hydrogen (secondary N) is 1. The van der Waals surface area contributed by atoms with E-state index in [1.807, 2.05) is 13.8 Å². The minimum Gasteiger partial charge on any atom is -0.490 e. The summed E-state index contributed by atoms with van der Waals surface area (Å²) in [6.45, 7) is 4.52. The Labute approximate surface area is 146 Å². The van der Waals surface area contributed by atoms with Crippen molar-refractivity contribution in [2.45, 2.75) is 20.3 Å². The lowest BCUT2D eigenvalue weighted by Gasteiger charge is -2.14. The Balaban J connectivity index is 2.86. The molecule has 1 rings (SSSR count). The Hall–Kier alpha value is -2.21. The summed E-state index contributed by atoms with van der Waals surface area (Å²) in [4.78, 5) is 22.6. The molecule has 0 aliphatic heterocycles. The second-order valence-electron chi connectivity index (χ2n) is 4.73. The molecule has 0 aliphatic rings. The average Bonchev–Trinajstić information content (AvgIpc) is 2.57. The number of esters is 1. The SMILES string of the molecule is CCCOc1c(Cl)cc(/C=C/C(=O)OCC(=O)NC)cc1OCC. The van der Waals surface area contributed by atoms with Crippen LogP contribution in [0.25, 0.3) is 6.08 Å². The van der Waals surface area contributed by atoms with Crippen LogP contribution in [-0.4, -0.2) is 38.7 Å². The van der Waals surface area contributed by atoms with E-state index >= 15 is 0 Å². The number of carbonyl (C=O) groups is 2. The van der Waals surface area contributed by atoms with E-state index in [1.54, 1.807) is 12.1 Å². The van der Waals surface area contributed by atoms with Crippen molar-refractivity contribution in [1.82, 2.24) is 5.32 Å². The molecule has 1 aromatic carbocycles. The zero-order valence-corrected chi connectivity index (χ0v) is 14.8. The first kappa shape index (κ1) is 19.8. The van der Waals surface area contributed by atoms with Crippen molar-refractivity contribution in [3.8, 4) is 11.5 Å². The lowest BCUT2D eigenvalue weighted by molar-refractivity contribution is -0.143. The molecule has 0 atom stereocenters. The molecule has 7 heteroatoms. The molecule has 1 aromatic rings. The first-order chi connectivity index (χ1) is 11.5. The van der Waals surface area contributed by atoms with Crippen LogP contribution in [0.2, 0.25) is 5.02 Å². The van der Waals surface area contributed by atoms with E-state index < -0.39 is 5.97 Å². The number of carbonyl (C=O) groups excluding carboxylic acids is 2. The molecule has 0 unspecified atom stereocenters. The van der Waals surface area contributed by atoms with Gasteiger partial charge in [0, 0.05) is 13.1 Å². The number of hydrogen-bond donors (Lipinski definition) is 1. The maximum Gasteiger partial charge on any atom is 0.331 e. The van der Waals surface area contributed by atoms with Crippen molar-refractivity contribution in [3.63, 3.8) is 0 Å². The number of likely N-dealkylation sites (N-methyl/N-ethyl adjacent to an activating group) is 1. The molecule has 0 radical (unpaired) electrons. The van der Waals surface area contributed by atoms with Crippen LogP contribution in [0.4, 0.5) is 0 Å². The first-order valence-corrected chi connectivity index (χ1v) is 8.04. The van der Waals surface area contributed by atoms with Gasteiger partial charge in [0.2, 0.25) is 0 Å². The van der Waals surface area contributed by atoms with Crippen molar-refractivity contribution < 1.29 is 23.8 Å². The molecule has 1 N–H and O–H groups in total. The quantitative estimate of drug-likeness (QED) is 0.544. The van der Waals surface area contributed by atoms with Gasteiger partial charge in [0.25, 0.3) is 5.91 Å². The normalized spacial score (nSPS) is 10.5. The Morgan fingerprint density at radius 1 is 1.25 bits per heavy atom. The fourth-order valence-corrected chi connectivity index (χ4v) is 1.99. The van der Waals surface area contributed by atoms with Crippen LogP contribution in [0.3, 0.4) is 0 Å². The lowest BCUT2D eigenvalue weighted by atomic mass is 10.2. The van der Waals surface area contributed by atoms with Gasteiger partial charge >= 0.3 is 5.97 Å². The van der Waals surface area contributed by atoms with Crippen LogP contribution in [0, 0.1) is 0 Å². The van der Waals surface area contributed by atoms with Gasteiger partial charge in [0.15, 0.2) is 18.1 Å². The highest BCUT2D eigenvalue weighted by Crippen LogP contribution is 2.37. The third kappa shape index (κ3) is 6.50. The van der Waals surface area contributed by atoms with Gasteiger partial charge in [-0.25, -0.2) is 4.79 Å². The zero-order valence-electron chi connectivity index (χ0n) is 14.1. The van der Waals surface area contributed by atoms with Crippen molar-refractivity contribution in [3.05, 3.63) is 28.8 Å². The van der Waals surface area contributed by atoms with Crippen LogP contribution in [0.1, 0.15) is 25.8 Å². The van der Waals surface area contributed by atoms with Crippen LogP contribution >= 0.6 is 11.6 Å². The molecule has 1 amide bonds. The average molecular weight is 356 g/mol. The van der Waals surface area contributed by atoms with E-state index in [1.165, 1.54) is 19.2 Å². The molecular weight excluding hydrogens is 334 g/mol. The Bertz CT molecular complexity index is 601. The molecule has 6 nitrogen and oxygen atoms in total. The van der Waals surface area contributed by atoms with E-state index in [2.05, 4.69) is 5.32 Å². The number of hydrogen-bond acceptors (Lipinski definition) is 5. The smallest absolute Gasteiger partial charge is 0.331 e. The van der Waals surface area contributed by atoms with Gasteiger partial charge in [0.05, 0.1) is 18.2 Å². The summed E-state index contributed by atoms with van der Waals surface area (Å²) >= 11 is 6.23. The van der Waals surface area contributed by atoms with Gasteiger partial charge in [-0.3, -0.25) is 4.79 Å². The first-order valence-electron chi connectivity index (χ1n) is 7.66. The second-order valence-corrected chi connectivity index (χ2v) is 5.13. The maximum atomic E-state index is 11.6. The molecule has 0 saturated heterocycles. The third-order valence-electron chi connectivity index (χ3n) is 2.82. The largest absolute Gasteiger partial charge is 0.490 e. The molecule has 0 fully saturated rings. The fraction of sp³-hybridized carbons (Fsp3) is 0.412. The van der Waals surface area contributed by atoms with Crippen LogP contribution in [-0.2, 0) is 14.3 Å². The van der Waals surface area contributed by atoms with Crippen LogP contribution in [0.15, 0.2) is 18.2 Å². The summed E-state index contributed by atoms with van der Waals surface area (Å²) in [7, 11) is 1.46. The Kier molecular flexibility index (Phi) is 8.71. The highest BCUT2D eigenvalue weighted by molar-refractivity contribution is 6.32. The minimum absolute atomic E-state index is 0.325. The van der Waals surface area contributed by atoms with Gasteiger partial charge in [-0.05, 0) is 37.1 Å². The van der Waals surface area contributed by atoms with E-state index in [-0.39, 0.29) is 12.5 Å². The van der Waals surface area contributed by atoms with Gasteiger partial charge in [-0.15, -0.1) is 0 Å². The molecule has 0 aliphatic carbocycles. The standard InChI is InChI=1S/C17H22ClNO5/c1-4-8-23-17-13(18)9-12(10-14(17)22-5-2)6-7-16(21)24-11-15(20)19-3/h6-7,9-10H,4-5,8,11H2,1-3H3,(H,19,20)/b7-6+. The third-order valence-corrected chi connectivity index (χ3v) is 3.10. The number of benzene rings is 1. The molecule has 0 spiro atoms. The molecule has 0 saturated carbocycles. The Morgan fingerprint density at radius 3 is 2.62 bits per heavy atom. The van der Waals surface area contributed by atoms with Crippen LogP contribution < -0.4 is 14.8 Å². The number of amides is 1. The summed E-state index contributed by atoms with van der Waals surface area (Å²) in [5.74, 6) is -0.00798. The second kappa shape index (κ2) is 10.5. The van der Waals surface area contributed by atoms with Gasteiger partial charge < -0.3 is 19.5 Å². The molecule has 0 aromatic heterocycles. The molecule has 0 bridgehead atoms. The lowest BCUT2D eigenvalue weighted by Crippen LogP contribution is -2.24. The predicted molar refractivity (Wildman–Crippen MR) is 92.5 cm³/mol. The number of halogens is 1. The molecule has 132 valence electrons. The number of ether oxygens (including phenoxy) is 3. The van der Waals surface area contributed by atoms with Crippen molar-refractivity contribution in [2.75, 3.05) is 26.9 Å². The van der Waals surface area contributed by atoms with Crippen LogP contribution in [0.5, 0.6) is 11.5 Å².